The van der Waals surface area contributed by atoms with Crippen LogP contribution in [-0.2, 0) is 0 Å². The molecule has 0 fully saturated rings. The Balaban J connectivity index is 2.85. The van der Waals surface area contributed by atoms with Crippen molar-refractivity contribution in [3.05, 3.63) is 18.1 Å². The van der Waals surface area contributed by atoms with Crippen LogP contribution in [0.25, 0.3) is 0 Å². The molecule has 0 amide bonds. The molecule has 1 rings (SSSR count). The van der Waals surface area contributed by atoms with E-state index in [2.05, 4.69) is 37.6 Å². The molecule has 0 aromatic carbocycles. The molecule has 1 aromatic heterocycles. The van der Waals surface area contributed by atoms with Gasteiger partial charge in [-0.15, -0.1) is 0 Å². The second kappa shape index (κ2) is 6.46. The topological polar surface area (TPSA) is 29.0 Å². The Hall–Kier alpha value is -1.12. The summed E-state index contributed by atoms with van der Waals surface area (Å²) in [4.78, 5) is 11.2. The van der Waals surface area contributed by atoms with Crippen molar-refractivity contribution in [1.82, 2.24) is 9.97 Å². The van der Waals surface area contributed by atoms with Gasteiger partial charge >= 0.3 is 0 Å². The van der Waals surface area contributed by atoms with Gasteiger partial charge in [0.1, 0.15) is 5.82 Å². The molecule has 0 spiro atoms. The standard InChI is InChI=1S/C13H23N3/c1-5-8-11(4)12-9-14-10-13(15-12)16(6-2)7-3/h9-11H,5-8H2,1-4H3. The predicted octanol–water partition coefficient (Wildman–Crippen LogP) is 3.23. The number of anilines is 1. The van der Waals surface area contributed by atoms with Crippen molar-refractivity contribution in [3.63, 3.8) is 0 Å². The average Bonchev–Trinajstić information content (AvgIpc) is 2.31. The summed E-state index contributed by atoms with van der Waals surface area (Å²) in [5, 5.41) is 0. The molecule has 0 N–H and O–H groups in total. The van der Waals surface area contributed by atoms with Gasteiger partial charge < -0.3 is 4.90 Å². The third-order valence-electron chi connectivity index (χ3n) is 2.95. The highest BCUT2D eigenvalue weighted by Crippen LogP contribution is 2.20. The maximum absolute atomic E-state index is 4.70. The van der Waals surface area contributed by atoms with E-state index >= 15 is 0 Å². The molecule has 1 unspecified atom stereocenters. The van der Waals surface area contributed by atoms with E-state index in [-0.39, 0.29) is 0 Å². The van der Waals surface area contributed by atoms with Crippen LogP contribution in [0.5, 0.6) is 0 Å². The molecule has 90 valence electrons. The predicted molar refractivity (Wildman–Crippen MR) is 68.9 cm³/mol. The zero-order valence-electron chi connectivity index (χ0n) is 10.9. The molecular formula is C13H23N3. The van der Waals surface area contributed by atoms with Crippen LogP contribution in [0, 0.1) is 0 Å². The minimum absolute atomic E-state index is 0.507. The Morgan fingerprint density at radius 2 is 1.88 bits per heavy atom. The summed E-state index contributed by atoms with van der Waals surface area (Å²) in [7, 11) is 0. The quantitative estimate of drug-likeness (QED) is 0.738. The van der Waals surface area contributed by atoms with Crippen LogP contribution in [0.2, 0.25) is 0 Å². The van der Waals surface area contributed by atoms with E-state index in [0.717, 1.165) is 24.6 Å². The van der Waals surface area contributed by atoms with Crippen LogP contribution in [0.15, 0.2) is 12.4 Å². The van der Waals surface area contributed by atoms with Gasteiger partial charge in [-0.3, -0.25) is 4.98 Å². The van der Waals surface area contributed by atoms with E-state index in [1.807, 2.05) is 12.4 Å². The van der Waals surface area contributed by atoms with Crippen molar-refractivity contribution < 1.29 is 0 Å². The summed E-state index contributed by atoms with van der Waals surface area (Å²) in [5.41, 5.74) is 1.12. The van der Waals surface area contributed by atoms with Gasteiger partial charge in [-0.25, -0.2) is 4.98 Å². The normalized spacial score (nSPS) is 12.5. The van der Waals surface area contributed by atoms with Gasteiger partial charge in [0.05, 0.1) is 11.9 Å². The highest BCUT2D eigenvalue weighted by Gasteiger charge is 2.09. The Morgan fingerprint density at radius 3 is 2.44 bits per heavy atom. The monoisotopic (exact) mass is 221 g/mol. The Labute approximate surface area is 98.9 Å². The van der Waals surface area contributed by atoms with Crippen LogP contribution in [0.3, 0.4) is 0 Å². The first-order chi connectivity index (χ1) is 7.72. The summed E-state index contributed by atoms with van der Waals surface area (Å²) in [6.07, 6.45) is 6.12. The van der Waals surface area contributed by atoms with Crippen LogP contribution >= 0.6 is 0 Å². The lowest BCUT2D eigenvalue weighted by Crippen LogP contribution is -2.23. The molecule has 0 aliphatic carbocycles. The van der Waals surface area contributed by atoms with Gasteiger partial charge in [-0.1, -0.05) is 20.3 Å². The molecule has 0 radical (unpaired) electrons. The van der Waals surface area contributed by atoms with Crippen molar-refractivity contribution in [2.75, 3.05) is 18.0 Å². The number of rotatable bonds is 6. The van der Waals surface area contributed by atoms with E-state index in [4.69, 9.17) is 4.98 Å². The molecule has 1 aromatic rings. The summed E-state index contributed by atoms with van der Waals surface area (Å²) in [5.74, 6) is 1.51. The Kier molecular flexibility index (Phi) is 5.23. The molecule has 0 aliphatic rings. The molecule has 3 heteroatoms. The zero-order valence-corrected chi connectivity index (χ0v) is 10.9. The lowest BCUT2D eigenvalue weighted by molar-refractivity contribution is 0.642. The fraction of sp³-hybridized carbons (Fsp3) is 0.692. The molecule has 3 nitrogen and oxygen atoms in total. The lowest BCUT2D eigenvalue weighted by Gasteiger charge is -2.20. The summed E-state index contributed by atoms with van der Waals surface area (Å²) in [6.45, 7) is 10.7. The number of aromatic nitrogens is 2. The van der Waals surface area contributed by atoms with Crippen LogP contribution < -0.4 is 4.90 Å². The Morgan fingerprint density at radius 1 is 1.19 bits per heavy atom. The van der Waals surface area contributed by atoms with Gasteiger partial charge in [0.25, 0.3) is 0 Å². The van der Waals surface area contributed by atoms with E-state index in [0.29, 0.717) is 5.92 Å². The largest absolute Gasteiger partial charge is 0.356 e. The minimum Gasteiger partial charge on any atom is -0.356 e. The summed E-state index contributed by atoms with van der Waals surface area (Å²) < 4.78 is 0. The fourth-order valence-corrected chi connectivity index (χ4v) is 1.89. The van der Waals surface area contributed by atoms with Gasteiger partial charge in [0, 0.05) is 25.2 Å². The molecule has 1 heterocycles. The minimum atomic E-state index is 0.507. The van der Waals surface area contributed by atoms with Crippen molar-refractivity contribution >= 4 is 5.82 Å². The second-order valence-corrected chi connectivity index (χ2v) is 4.16. The van der Waals surface area contributed by atoms with Gasteiger partial charge in [0.15, 0.2) is 0 Å². The third-order valence-corrected chi connectivity index (χ3v) is 2.95. The van der Waals surface area contributed by atoms with Crippen molar-refractivity contribution in [3.8, 4) is 0 Å². The SMILES string of the molecule is CCCC(C)c1cncc(N(CC)CC)n1. The van der Waals surface area contributed by atoms with E-state index < -0.39 is 0 Å². The van der Waals surface area contributed by atoms with Gasteiger partial charge in [-0.05, 0) is 20.3 Å². The maximum atomic E-state index is 4.70. The van der Waals surface area contributed by atoms with Gasteiger partial charge in [0.2, 0.25) is 0 Å². The number of hydrogen-bond acceptors (Lipinski definition) is 3. The first-order valence-corrected chi connectivity index (χ1v) is 6.29. The van der Waals surface area contributed by atoms with Crippen LogP contribution in [0.1, 0.15) is 52.1 Å². The highest BCUT2D eigenvalue weighted by molar-refractivity contribution is 5.36. The lowest BCUT2D eigenvalue weighted by atomic mass is 10.0. The molecule has 0 saturated heterocycles. The second-order valence-electron chi connectivity index (χ2n) is 4.16. The van der Waals surface area contributed by atoms with E-state index in [1.165, 1.54) is 12.8 Å². The molecule has 0 bridgehead atoms. The smallest absolute Gasteiger partial charge is 0.147 e. The number of hydrogen-bond donors (Lipinski definition) is 0. The van der Waals surface area contributed by atoms with Crippen molar-refractivity contribution in [1.29, 1.82) is 0 Å². The molecular weight excluding hydrogens is 198 g/mol. The molecule has 16 heavy (non-hydrogen) atoms. The summed E-state index contributed by atoms with van der Waals surface area (Å²) in [6, 6.07) is 0. The average molecular weight is 221 g/mol. The first kappa shape index (κ1) is 12.9. The fourth-order valence-electron chi connectivity index (χ4n) is 1.89. The maximum Gasteiger partial charge on any atom is 0.147 e. The van der Waals surface area contributed by atoms with Crippen LogP contribution in [-0.4, -0.2) is 23.1 Å². The van der Waals surface area contributed by atoms with Crippen LogP contribution in [0.4, 0.5) is 5.82 Å². The Bertz CT molecular complexity index is 308. The zero-order chi connectivity index (χ0) is 12.0. The molecule has 1 atom stereocenters. The number of nitrogens with zero attached hydrogens (tertiary/aromatic N) is 3. The van der Waals surface area contributed by atoms with E-state index in [1.54, 1.807) is 0 Å². The molecule has 0 saturated carbocycles. The van der Waals surface area contributed by atoms with Crippen molar-refractivity contribution in [2.45, 2.75) is 46.5 Å². The highest BCUT2D eigenvalue weighted by atomic mass is 15.2. The third kappa shape index (κ3) is 3.19. The molecule has 0 aliphatic heterocycles. The first-order valence-electron chi connectivity index (χ1n) is 6.29. The summed E-state index contributed by atoms with van der Waals surface area (Å²) >= 11 is 0. The van der Waals surface area contributed by atoms with Crippen molar-refractivity contribution in [2.24, 2.45) is 0 Å². The van der Waals surface area contributed by atoms with E-state index in [9.17, 15) is 0 Å². The van der Waals surface area contributed by atoms with Gasteiger partial charge in [-0.2, -0.15) is 0 Å².